The monoisotopic (exact) mass is 264 g/mol. The number of amides is 1. The van der Waals surface area contributed by atoms with Crippen LogP contribution in [0.4, 0.5) is 5.69 Å². The molecule has 5 heteroatoms. The van der Waals surface area contributed by atoms with Crippen molar-refractivity contribution >= 4 is 23.2 Å². The Balaban J connectivity index is 2.21. The van der Waals surface area contributed by atoms with Crippen molar-refractivity contribution in [2.75, 3.05) is 12.8 Å². The van der Waals surface area contributed by atoms with Gasteiger partial charge in [-0.2, -0.15) is 0 Å². The summed E-state index contributed by atoms with van der Waals surface area (Å²) < 4.78 is 5.19. The van der Waals surface area contributed by atoms with Crippen LogP contribution in [0.5, 0.6) is 0 Å². The standard InChI is InChI=1S/C13H13ClN2O2/c1-16(8-9-4-3-7-18-9)13(17)12-10(14)5-2-6-11(12)15/h2-7H,8,15H2,1H3. The molecular formula is C13H13ClN2O2. The lowest BCUT2D eigenvalue weighted by Crippen LogP contribution is -2.27. The first-order valence-electron chi connectivity index (χ1n) is 5.41. The van der Waals surface area contributed by atoms with Crippen LogP contribution in [0, 0.1) is 0 Å². The summed E-state index contributed by atoms with van der Waals surface area (Å²) in [6.07, 6.45) is 1.57. The van der Waals surface area contributed by atoms with Crippen LogP contribution in [-0.4, -0.2) is 17.9 Å². The second-order valence-electron chi connectivity index (χ2n) is 3.94. The van der Waals surface area contributed by atoms with Gasteiger partial charge in [-0.15, -0.1) is 0 Å². The third-order valence-electron chi connectivity index (χ3n) is 2.58. The maximum atomic E-state index is 12.2. The number of halogens is 1. The molecular weight excluding hydrogens is 252 g/mol. The minimum atomic E-state index is -0.227. The number of furan rings is 1. The number of nitrogens with zero attached hydrogens (tertiary/aromatic N) is 1. The average Bonchev–Trinajstić information content (AvgIpc) is 2.81. The Labute approximate surface area is 110 Å². The summed E-state index contributed by atoms with van der Waals surface area (Å²) in [6.45, 7) is 0.372. The number of nitrogen functional groups attached to an aromatic ring is 1. The Morgan fingerprint density at radius 2 is 2.17 bits per heavy atom. The fourth-order valence-corrected chi connectivity index (χ4v) is 1.93. The van der Waals surface area contributed by atoms with Gasteiger partial charge in [-0.3, -0.25) is 4.79 Å². The highest BCUT2D eigenvalue weighted by molar-refractivity contribution is 6.34. The molecule has 2 aromatic rings. The molecule has 18 heavy (non-hydrogen) atoms. The van der Waals surface area contributed by atoms with Gasteiger partial charge >= 0.3 is 0 Å². The van der Waals surface area contributed by atoms with Crippen molar-refractivity contribution in [3.05, 3.63) is 52.9 Å². The fraction of sp³-hybridized carbons (Fsp3) is 0.154. The number of hydrogen-bond acceptors (Lipinski definition) is 3. The molecule has 0 spiro atoms. The fourth-order valence-electron chi connectivity index (χ4n) is 1.67. The Morgan fingerprint density at radius 3 is 2.78 bits per heavy atom. The molecule has 1 amide bonds. The number of benzene rings is 1. The van der Waals surface area contributed by atoms with Crippen LogP contribution >= 0.6 is 11.6 Å². The van der Waals surface area contributed by atoms with E-state index in [4.69, 9.17) is 21.8 Å². The van der Waals surface area contributed by atoms with E-state index in [-0.39, 0.29) is 5.91 Å². The molecule has 1 heterocycles. The summed E-state index contributed by atoms with van der Waals surface area (Å²) in [6, 6.07) is 8.59. The third-order valence-corrected chi connectivity index (χ3v) is 2.89. The van der Waals surface area contributed by atoms with E-state index in [0.717, 1.165) is 0 Å². The molecule has 0 unspecified atom stereocenters. The summed E-state index contributed by atoms with van der Waals surface area (Å²) in [5.41, 5.74) is 6.48. The lowest BCUT2D eigenvalue weighted by atomic mass is 10.1. The Hall–Kier alpha value is -1.94. The first-order chi connectivity index (χ1) is 8.59. The van der Waals surface area contributed by atoms with Gasteiger partial charge in [0.2, 0.25) is 0 Å². The number of carbonyl (C=O) groups is 1. The molecule has 94 valence electrons. The Morgan fingerprint density at radius 1 is 1.39 bits per heavy atom. The summed E-state index contributed by atoms with van der Waals surface area (Å²) in [7, 11) is 1.67. The molecule has 2 N–H and O–H groups in total. The second-order valence-corrected chi connectivity index (χ2v) is 4.35. The second kappa shape index (κ2) is 5.14. The maximum absolute atomic E-state index is 12.2. The van der Waals surface area contributed by atoms with Crippen molar-refractivity contribution in [3.63, 3.8) is 0 Å². The van der Waals surface area contributed by atoms with Crippen molar-refractivity contribution in [1.82, 2.24) is 4.90 Å². The lowest BCUT2D eigenvalue weighted by molar-refractivity contribution is 0.0776. The highest BCUT2D eigenvalue weighted by atomic mass is 35.5. The lowest BCUT2D eigenvalue weighted by Gasteiger charge is -2.17. The molecule has 0 saturated carbocycles. The minimum absolute atomic E-state index is 0.227. The van der Waals surface area contributed by atoms with Gasteiger partial charge < -0.3 is 15.1 Å². The van der Waals surface area contributed by atoms with Crippen molar-refractivity contribution in [2.45, 2.75) is 6.54 Å². The molecule has 0 fully saturated rings. The molecule has 0 aliphatic rings. The summed E-state index contributed by atoms with van der Waals surface area (Å²) in [5, 5.41) is 0.353. The van der Waals surface area contributed by atoms with Crippen molar-refractivity contribution < 1.29 is 9.21 Å². The molecule has 1 aromatic heterocycles. The van der Waals surface area contributed by atoms with Crippen LogP contribution in [0.25, 0.3) is 0 Å². The number of nitrogens with two attached hydrogens (primary N) is 1. The van der Waals surface area contributed by atoms with Crippen LogP contribution in [0.1, 0.15) is 16.1 Å². The molecule has 0 saturated heterocycles. The van der Waals surface area contributed by atoms with E-state index < -0.39 is 0 Å². The van der Waals surface area contributed by atoms with Crippen LogP contribution in [0.15, 0.2) is 41.0 Å². The zero-order valence-corrected chi connectivity index (χ0v) is 10.6. The van der Waals surface area contributed by atoms with Crippen molar-refractivity contribution in [2.24, 2.45) is 0 Å². The average molecular weight is 265 g/mol. The Bertz CT molecular complexity index is 532. The van der Waals surface area contributed by atoms with Gasteiger partial charge in [-0.25, -0.2) is 0 Å². The molecule has 0 aliphatic heterocycles. The van der Waals surface area contributed by atoms with Gasteiger partial charge in [0.15, 0.2) is 0 Å². The number of rotatable bonds is 3. The first-order valence-corrected chi connectivity index (χ1v) is 5.79. The van der Waals surface area contributed by atoms with E-state index in [1.807, 2.05) is 0 Å². The molecule has 0 radical (unpaired) electrons. The first kappa shape index (κ1) is 12.5. The van der Waals surface area contributed by atoms with E-state index >= 15 is 0 Å². The molecule has 1 aromatic carbocycles. The van der Waals surface area contributed by atoms with Gasteiger partial charge in [0.05, 0.1) is 23.4 Å². The molecule has 0 aliphatic carbocycles. The summed E-state index contributed by atoms with van der Waals surface area (Å²) in [5.74, 6) is 0.478. The Kier molecular flexibility index (Phi) is 3.58. The van der Waals surface area contributed by atoms with Crippen LogP contribution < -0.4 is 5.73 Å². The van der Waals surface area contributed by atoms with Gasteiger partial charge in [0.1, 0.15) is 5.76 Å². The maximum Gasteiger partial charge on any atom is 0.257 e. The highest BCUT2D eigenvalue weighted by Crippen LogP contribution is 2.23. The normalized spacial score (nSPS) is 10.3. The van der Waals surface area contributed by atoms with Crippen LogP contribution in [0.3, 0.4) is 0 Å². The molecule has 2 rings (SSSR count). The van der Waals surface area contributed by atoms with E-state index in [9.17, 15) is 4.79 Å². The number of hydrogen-bond donors (Lipinski definition) is 1. The zero-order valence-electron chi connectivity index (χ0n) is 9.89. The van der Waals surface area contributed by atoms with Crippen LogP contribution in [0.2, 0.25) is 5.02 Å². The van der Waals surface area contributed by atoms with Crippen LogP contribution in [-0.2, 0) is 6.54 Å². The zero-order chi connectivity index (χ0) is 13.1. The number of anilines is 1. The predicted molar refractivity (Wildman–Crippen MR) is 70.4 cm³/mol. The van der Waals surface area contributed by atoms with Gasteiger partial charge in [-0.05, 0) is 24.3 Å². The largest absolute Gasteiger partial charge is 0.467 e. The highest BCUT2D eigenvalue weighted by Gasteiger charge is 2.18. The predicted octanol–water partition coefficient (Wildman–Crippen LogP) is 2.79. The minimum Gasteiger partial charge on any atom is -0.467 e. The van der Waals surface area contributed by atoms with Gasteiger partial charge in [0.25, 0.3) is 5.91 Å². The third kappa shape index (κ3) is 2.49. The molecule has 0 bridgehead atoms. The summed E-state index contributed by atoms with van der Waals surface area (Å²) in [4.78, 5) is 13.7. The van der Waals surface area contributed by atoms with E-state index in [0.29, 0.717) is 28.6 Å². The smallest absolute Gasteiger partial charge is 0.257 e. The van der Waals surface area contributed by atoms with E-state index in [1.165, 1.54) is 4.90 Å². The van der Waals surface area contributed by atoms with Crippen molar-refractivity contribution in [1.29, 1.82) is 0 Å². The van der Waals surface area contributed by atoms with Gasteiger partial charge in [0, 0.05) is 12.7 Å². The van der Waals surface area contributed by atoms with Gasteiger partial charge in [-0.1, -0.05) is 17.7 Å². The van der Waals surface area contributed by atoms with E-state index in [1.54, 1.807) is 43.6 Å². The molecule has 4 nitrogen and oxygen atoms in total. The summed E-state index contributed by atoms with van der Waals surface area (Å²) >= 11 is 6.00. The SMILES string of the molecule is CN(Cc1ccco1)C(=O)c1c(N)cccc1Cl. The van der Waals surface area contributed by atoms with Crippen molar-refractivity contribution in [3.8, 4) is 0 Å². The van der Waals surface area contributed by atoms with E-state index in [2.05, 4.69) is 0 Å². The number of carbonyl (C=O) groups excluding carboxylic acids is 1. The topological polar surface area (TPSA) is 59.5 Å². The quantitative estimate of drug-likeness (QED) is 0.867. The molecule has 0 atom stereocenters.